The molecule has 8 heteroatoms. The van der Waals surface area contributed by atoms with E-state index >= 15 is 0 Å². The van der Waals surface area contributed by atoms with Gasteiger partial charge in [0.25, 0.3) is 0 Å². The molecule has 32 heavy (non-hydrogen) atoms. The van der Waals surface area contributed by atoms with Gasteiger partial charge in [0.05, 0.1) is 24.1 Å². The molecule has 172 valence electrons. The monoisotopic (exact) mass is 549 g/mol. The van der Waals surface area contributed by atoms with Crippen molar-refractivity contribution in [3.63, 3.8) is 0 Å². The molecular formula is C24H32IN5O2. The molecule has 0 bridgehead atoms. The zero-order valence-corrected chi connectivity index (χ0v) is 21.0. The second-order valence-corrected chi connectivity index (χ2v) is 7.44. The van der Waals surface area contributed by atoms with Crippen LogP contribution in [-0.4, -0.2) is 40.2 Å². The number of H-pyrrole nitrogens is 1. The highest BCUT2D eigenvalue weighted by Gasteiger charge is 2.10. The molecule has 0 spiro atoms. The number of nitrogens with zero attached hydrogens (tertiary/aromatic N) is 2. The molecule has 1 unspecified atom stereocenters. The number of aliphatic hydroxyl groups excluding tert-OH is 1. The van der Waals surface area contributed by atoms with E-state index in [9.17, 15) is 5.11 Å². The summed E-state index contributed by atoms with van der Waals surface area (Å²) < 4.78 is 5.65. The first-order valence-electron chi connectivity index (χ1n) is 10.6. The summed E-state index contributed by atoms with van der Waals surface area (Å²) in [5.74, 6) is 2.19. The first-order chi connectivity index (χ1) is 15.0. The minimum absolute atomic E-state index is 0. The van der Waals surface area contributed by atoms with Gasteiger partial charge < -0.3 is 25.5 Å². The lowest BCUT2D eigenvalue weighted by Gasteiger charge is -2.16. The average molecular weight is 549 g/mol. The smallest absolute Gasteiger partial charge is 0.191 e. The van der Waals surface area contributed by atoms with Gasteiger partial charge in [0.15, 0.2) is 5.96 Å². The molecular weight excluding hydrogens is 517 g/mol. The van der Waals surface area contributed by atoms with Crippen LogP contribution in [-0.2, 0) is 6.54 Å². The molecule has 1 aromatic heterocycles. The van der Waals surface area contributed by atoms with Crippen molar-refractivity contribution < 1.29 is 9.84 Å². The lowest BCUT2D eigenvalue weighted by molar-refractivity contribution is 0.180. The molecule has 0 saturated carbocycles. The molecule has 0 aliphatic carbocycles. The molecule has 3 aromatic rings. The normalized spacial score (nSPS) is 12.2. The number of aliphatic hydroxyl groups is 1. The molecule has 0 radical (unpaired) electrons. The zero-order chi connectivity index (χ0) is 22.1. The minimum Gasteiger partial charge on any atom is -0.491 e. The Morgan fingerprint density at radius 2 is 1.81 bits per heavy atom. The molecule has 0 amide bonds. The van der Waals surface area contributed by atoms with Gasteiger partial charge in [-0.1, -0.05) is 42.5 Å². The predicted molar refractivity (Wildman–Crippen MR) is 139 cm³/mol. The van der Waals surface area contributed by atoms with Crippen LogP contribution in [0, 0.1) is 0 Å². The number of benzene rings is 2. The van der Waals surface area contributed by atoms with Gasteiger partial charge in [-0.25, -0.2) is 9.98 Å². The average Bonchev–Trinajstić information content (AvgIpc) is 3.25. The van der Waals surface area contributed by atoms with Crippen LogP contribution in [0.3, 0.4) is 0 Å². The Morgan fingerprint density at radius 3 is 2.47 bits per heavy atom. The van der Waals surface area contributed by atoms with Crippen LogP contribution in [0.5, 0.6) is 5.75 Å². The van der Waals surface area contributed by atoms with Gasteiger partial charge in [-0.2, -0.15) is 0 Å². The molecule has 0 fully saturated rings. The molecule has 1 atom stereocenters. The van der Waals surface area contributed by atoms with Crippen molar-refractivity contribution in [1.82, 2.24) is 20.6 Å². The summed E-state index contributed by atoms with van der Waals surface area (Å²) in [7, 11) is 0. The number of halogens is 1. The van der Waals surface area contributed by atoms with Crippen LogP contribution in [0.4, 0.5) is 0 Å². The molecule has 0 saturated heterocycles. The van der Waals surface area contributed by atoms with Crippen molar-refractivity contribution in [3.8, 4) is 17.0 Å². The highest BCUT2D eigenvalue weighted by atomic mass is 127. The van der Waals surface area contributed by atoms with Crippen LogP contribution in [0.1, 0.15) is 38.3 Å². The van der Waals surface area contributed by atoms with Crippen LogP contribution < -0.4 is 15.4 Å². The van der Waals surface area contributed by atoms with E-state index in [0.717, 1.165) is 34.9 Å². The molecule has 7 nitrogen and oxygen atoms in total. The number of guanidine groups is 1. The van der Waals surface area contributed by atoms with E-state index in [2.05, 4.69) is 25.6 Å². The molecule has 1 heterocycles. The van der Waals surface area contributed by atoms with Gasteiger partial charge in [-0.3, -0.25) is 0 Å². The maximum atomic E-state index is 10.5. The predicted octanol–water partition coefficient (Wildman–Crippen LogP) is 4.27. The number of nitrogens with one attached hydrogen (secondary N) is 3. The number of ether oxygens (including phenoxy) is 1. The number of rotatable bonds is 9. The second-order valence-electron chi connectivity index (χ2n) is 7.44. The summed E-state index contributed by atoms with van der Waals surface area (Å²) in [6, 6.07) is 17.6. The SMILES string of the molecule is CCNC(=NCc1ncc(-c2ccccc2)[nH]1)NCC(O)c1ccc(OC(C)C)cc1.I. The summed E-state index contributed by atoms with van der Waals surface area (Å²) in [5.41, 5.74) is 2.87. The first-order valence-corrected chi connectivity index (χ1v) is 10.6. The lowest BCUT2D eigenvalue weighted by atomic mass is 10.1. The van der Waals surface area contributed by atoms with Gasteiger partial charge >= 0.3 is 0 Å². The number of aromatic amines is 1. The second kappa shape index (κ2) is 13.1. The fourth-order valence-corrected chi connectivity index (χ4v) is 3.05. The molecule has 0 aliphatic heterocycles. The standard InChI is InChI=1S/C24H31N5O2.HI/c1-4-25-24(27-15-22(30)19-10-12-20(13-11-19)31-17(2)3)28-16-23-26-14-21(29-23)18-8-6-5-7-9-18;/h5-14,17,22,30H,4,15-16H2,1-3H3,(H,26,29)(H2,25,27,28);1H. The van der Waals surface area contributed by atoms with Gasteiger partial charge in [-0.05, 0) is 44.0 Å². The topological polar surface area (TPSA) is 94.6 Å². The Bertz CT molecular complexity index is 958. The van der Waals surface area contributed by atoms with E-state index in [0.29, 0.717) is 19.0 Å². The third-order valence-electron chi connectivity index (χ3n) is 4.54. The van der Waals surface area contributed by atoms with E-state index in [4.69, 9.17) is 4.74 Å². The Labute approximate surface area is 206 Å². The van der Waals surface area contributed by atoms with Gasteiger partial charge in [0, 0.05) is 13.1 Å². The third kappa shape index (κ3) is 7.83. The largest absolute Gasteiger partial charge is 0.491 e. The Balaban J connectivity index is 0.00000363. The summed E-state index contributed by atoms with van der Waals surface area (Å²) in [6.45, 7) is 7.43. The summed E-state index contributed by atoms with van der Waals surface area (Å²) >= 11 is 0. The minimum atomic E-state index is -0.662. The quantitative estimate of drug-likeness (QED) is 0.182. The van der Waals surface area contributed by atoms with Gasteiger partial charge in [-0.15, -0.1) is 24.0 Å². The maximum absolute atomic E-state index is 10.5. The van der Waals surface area contributed by atoms with Crippen molar-refractivity contribution in [2.75, 3.05) is 13.1 Å². The number of aliphatic imine (C=N–C) groups is 1. The van der Waals surface area contributed by atoms with Crippen LogP contribution in [0.2, 0.25) is 0 Å². The molecule has 0 aliphatic rings. The zero-order valence-electron chi connectivity index (χ0n) is 18.7. The van der Waals surface area contributed by atoms with E-state index < -0.39 is 6.10 Å². The molecule has 4 N–H and O–H groups in total. The first kappa shape index (κ1) is 25.7. The maximum Gasteiger partial charge on any atom is 0.191 e. The molecule has 2 aromatic carbocycles. The number of hydrogen-bond donors (Lipinski definition) is 4. The lowest BCUT2D eigenvalue weighted by Crippen LogP contribution is -2.39. The van der Waals surface area contributed by atoms with Gasteiger partial charge in [0.1, 0.15) is 18.1 Å². The van der Waals surface area contributed by atoms with Crippen LogP contribution >= 0.6 is 24.0 Å². The molecule has 3 rings (SSSR count). The highest BCUT2D eigenvalue weighted by molar-refractivity contribution is 14.0. The van der Waals surface area contributed by atoms with Crippen LogP contribution in [0.15, 0.2) is 65.8 Å². The Hall–Kier alpha value is -2.59. The summed E-state index contributed by atoms with van der Waals surface area (Å²) in [5, 5.41) is 16.9. The van der Waals surface area contributed by atoms with Crippen LogP contribution in [0.25, 0.3) is 11.3 Å². The van der Waals surface area contributed by atoms with Crippen molar-refractivity contribution in [1.29, 1.82) is 0 Å². The number of imidazole rings is 1. The van der Waals surface area contributed by atoms with Crippen molar-refractivity contribution in [3.05, 3.63) is 72.2 Å². The number of hydrogen-bond acceptors (Lipinski definition) is 4. The van der Waals surface area contributed by atoms with Crippen molar-refractivity contribution >= 4 is 29.9 Å². The Kier molecular flexibility index (Phi) is 10.5. The Morgan fingerprint density at radius 1 is 1.09 bits per heavy atom. The summed E-state index contributed by atoms with van der Waals surface area (Å²) in [6.07, 6.45) is 1.27. The van der Waals surface area contributed by atoms with E-state index in [1.54, 1.807) is 0 Å². The van der Waals surface area contributed by atoms with E-state index in [1.165, 1.54) is 0 Å². The number of aromatic nitrogens is 2. The summed E-state index contributed by atoms with van der Waals surface area (Å²) in [4.78, 5) is 12.3. The van der Waals surface area contributed by atoms with E-state index in [1.807, 2.05) is 81.6 Å². The van der Waals surface area contributed by atoms with E-state index in [-0.39, 0.29) is 30.1 Å². The fourth-order valence-electron chi connectivity index (χ4n) is 3.05. The van der Waals surface area contributed by atoms with Gasteiger partial charge in [0.2, 0.25) is 0 Å². The fraction of sp³-hybridized carbons (Fsp3) is 0.333. The van der Waals surface area contributed by atoms with Crippen molar-refractivity contribution in [2.24, 2.45) is 4.99 Å². The third-order valence-corrected chi connectivity index (χ3v) is 4.54. The van der Waals surface area contributed by atoms with Crippen molar-refractivity contribution in [2.45, 2.75) is 39.5 Å². The highest BCUT2D eigenvalue weighted by Crippen LogP contribution is 2.19.